The Morgan fingerprint density at radius 2 is 2.05 bits per heavy atom. The average Bonchev–Trinajstić information content (AvgIpc) is 2.35. The van der Waals surface area contributed by atoms with E-state index >= 15 is 0 Å². The highest BCUT2D eigenvalue weighted by Gasteiger charge is 2.04. The lowest BCUT2D eigenvalue weighted by atomic mass is 10.2. The Bertz CT molecular complexity index is 419. The minimum absolute atomic E-state index is 0.115. The van der Waals surface area contributed by atoms with Crippen molar-refractivity contribution in [2.75, 3.05) is 32.9 Å². The molecule has 0 aliphatic rings. The predicted molar refractivity (Wildman–Crippen MR) is 82.8 cm³/mol. The lowest BCUT2D eigenvalue weighted by Crippen LogP contribution is -2.28. The third-order valence-electron chi connectivity index (χ3n) is 2.81. The number of carbonyl (C=O) groups excluding carboxylic acids is 1. The van der Waals surface area contributed by atoms with Crippen molar-refractivity contribution in [3.63, 3.8) is 0 Å². The summed E-state index contributed by atoms with van der Waals surface area (Å²) in [6.45, 7) is 5.91. The molecule has 106 valence electrons. The van der Waals surface area contributed by atoms with Crippen molar-refractivity contribution in [2.45, 2.75) is 25.2 Å². The Morgan fingerprint density at radius 3 is 2.74 bits per heavy atom. The summed E-state index contributed by atoms with van der Waals surface area (Å²) in [5, 5.41) is 2.96. The summed E-state index contributed by atoms with van der Waals surface area (Å²) < 4.78 is 0. The van der Waals surface area contributed by atoms with Crippen molar-refractivity contribution in [3.05, 3.63) is 29.3 Å². The predicted octanol–water partition coefficient (Wildman–Crippen LogP) is 2.46. The lowest BCUT2D eigenvalue weighted by Gasteiger charge is -2.10. The number of nitrogens with zero attached hydrogens (tertiary/aromatic N) is 1. The number of benzene rings is 1. The second-order valence-electron chi connectivity index (χ2n) is 5.06. The summed E-state index contributed by atoms with van der Waals surface area (Å²) in [6.07, 6.45) is 0.993. The van der Waals surface area contributed by atoms with E-state index in [1.807, 2.05) is 14.1 Å². The van der Waals surface area contributed by atoms with Gasteiger partial charge in [0.25, 0.3) is 0 Å². The molecular formula is C15H24N2OS. The summed E-state index contributed by atoms with van der Waals surface area (Å²) in [5.41, 5.74) is 2.47. The Hall–Kier alpha value is -1.00. The van der Waals surface area contributed by atoms with Gasteiger partial charge in [0.05, 0.1) is 5.75 Å². The molecule has 0 aliphatic carbocycles. The molecule has 0 aromatic heterocycles. The molecule has 0 unspecified atom stereocenters. The van der Waals surface area contributed by atoms with E-state index in [-0.39, 0.29) is 5.91 Å². The van der Waals surface area contributed by atoms with Crippen LogP contribution in [0, 0.1) is 13.8 Å². The third kappa shape index (κ3) is 6.64. The molecule has 1 rings (SSSR count). The molecule has 0 atom stereocenters. The maximum absolute atomic E-state index is 11.7. The molecule has 1 aromatic carbocycles. The van der Waals surface area contributed by atoms with Gasteiger partial charge in [0, 0.05) is 11.4 Å². The Kier molecular flexibility index (Phi) is 6.95. The first-order chi connectivity index (χ1) is 8.99. The van der Waals surface area contributed by atoms with Crippen molar-refractivity contribution in [2.24, 2.45) is 0 Å². The number of thioether (sulfide) groups is 1. The molecule has 19 heavy (non-hydrogen) atoms. The van der Waals surface area contributed by atoms with Gasteiger partial charge >= 0.3 is 0 Å². The Morgan fingerprint density at radius 1 is 1.32 bits per heavy atom. The van der Waals surface area contributed by atoms with Crippen LogP contribution in [-0.2, 0) is 4.79 Å². The molecule has 0 aliphatic heterocycles. The van der Waals surface area contributed by atoms with E-state index in [1.54, 1.807) is 11.8 Å². The maximum atomic E-state index is 11.7. The highest BCUT2D eigenvalue weighted by molar-refractivity contribution is 8.00. The molecule has 1 amide bonds. The number of rotatable bonds is 7. The van der Waals surface area contributed by atoms with Crippen LogP contribution in [0.25, 0.3) is 0 Å². The normalized spacial score (nSPS) is 10.8. The van der Waals surface area contributed by atoms with Gasteiger partial charge in [-0.2, -0.15) is 0 Å². The number of amides is 1. The van der Waals surface area contributed by atoms with Gasteiger partial charge in [0.1, 0.15) is 0 Å². The number of nitrogens with one attached hydrogen (secondary N) is 1. The van der Waals surface area contributed by atoms with Crippen LogP contribution in [0.5, 0.6) is 0 Å². The van der Waals surface area contributed by atoms with Crippen molar-refractivity contribution >= 4 is 17.7 Å². The summed E-state index contributed by atoms with van der Waals surface area (Å²) in [7, 11) is 4.08. The van der Waals surface area contributed by atoms with Crippen LogP contribution in [0.15, 0.2) is 23.1 Å². The molecule has 0 heterocycles. The molecule has 1 N–H and O–H groups in total. The van der Waals surface area contributed by atoms with Crippen molar-refractivity contribution < 1.29 is 4.79 Å². The fourth-order valence-electron chi connectivity index (χ4n) is 1.68. The molecule has 0 saturated carbocycles. The number of carbonyl (C=O) groups is 1. The molecule has 4 heteroatoms. The van der Waals surface area contributed by atoms with Crippen LogP contribution in [0.1, 0.15) is 17.5 Å². The van der Waals surface area contributed by atoms with E-state index in [0.717, 1.165) is 19.5 Å². The van der Waals surface area contributed by atoms with Gasteiger partial charge in [0.2, 0.25) is 5.91 Å². The second-order valence-corrected chi connectivity index (χ2v) is 6.08. The quantitative estimate of drug-likeness (QED) is 0.615. The molecule has 1 aromatic rings. The van der Waals surface area contributed by atoms with Crippen LogP contribution in [0.4, 0.5) is 0 Å². The molecule has 0 radical (unpaired) electrons. The number of hydrogen-bond donors (Lipinski definition) is 1. The average molecular weight is 280 g/mol. The van der Waals surface area contributed by atoms with E-state index in [9.17, 15) is 4.79 Å². The van der Waals surface area contributed by atoms with Crippen molar-refractivity contribution in [1.82, 2.24) is 10.2 Å². The summed E-state index contributed by atoms with van der Waals surface area (Å²) in [5.74, 6) is 0.608. The molecule has 0 spiro atoms. The van der Waals surface area contributed by atoms with Gasteiger partial charge in [0.15, 0.2) is 0 Å². The van der Waals surface area contributed by atoms with Crippen LogP contribution < -0.4 is 5.32 Å². The van der Waals surface area contributed by atoms with Crippen molar-refractivity contribution in [1.29, 1.82) is 0 Å². The topological polar surface area (TPSA) is 32.3 Å². The zero-order valence-corrected chi connectivity index (χ0v) is 13.1. The fourth-order valence-corrected chi connectivity index (χ4v) is 2.63. The summed E-state index contributed by atoms with van der Waals surface area (Å²) in [6, 6.07) is 6.34. The van der Waals surface area contributed by atoms with Crippen molar-refractivity contribution in [3.8, 4) is 0 Å². The zero-order chi connectivity index (χ0) is 14.3. The minimum atomic E-state index is 0.115. The summed E-state index contributed by atoms with van der Waals surface area (Å²) in [4.78, 5) is 15.0. The monoisotopic (exact) mass is 280 g/mol. The Balaban J connectivity index is 2.28. The molecule has 0 bridgehead atoms. The maximum Gasteiger partial charge on any atom is 0.230 e. The van der Waals surface area contributed by atoms with Gasteiger partial charge in [-0.3, -0.25) is 4.79 Å². The standard InChI is InChI=1S/C15H24N2OS/c1-12-6-7-13(2)14(10-12)19-11-15(18)16-8-5-9-17(3)4/h6-7,10H,5,8-9,11H2,1-4H3,(H,16,18). The highest BCUT2D eigenvalue weighted by atomic mass is 32.2. The molecular weight excluding hydrogens is 256 g/mol. The second kappa shape index (κ2) is 8.23. The lowest BCUT2D eigenvalue weighted by molar-refractivity contribution is -0.118. The van der Waals surface area contributed by atoms with Gasteiger partial charge < -0.3 is 10.2 Å². The highest BCUT2D eigenvalue weighted by Crippen LogP contribution is 2.23. The fraction of sp³-hybridized carbons (Fsp3) is 0.533. The van der Waals surface area contributed by atoms with Crippen LogP contribution >= 0.6 is 11.8 Å². The first-order valence-corrected chi connectivity index (χ1v) is 7.59. The van der Waals surface area contributed by atoms with E-state index in [2.05, 4.69) is 42.3 Å². The van der Waals surface area contributed by atoms with E-state index in [4.69, 9.17) is 0 Å². The van der Waals surface area contributed by atoms with E-state index in [0.29, 0.717) is 5.75 Å². The van der Waals surface area contributed by atoms with Crippen LogP contribution in [0.3, 0.4) is 0 Å². The van der Waals surface area contributed by atoms with Gasteiger partial charge in [-0.25, -0.2) is 0 Å². The minimum Gasteiger partial charge on any atom is -0.355 e. The van der Waals surface area contributed by atoms with Gasteiger partial charge in [-0.15, -0.1) is 11.8 Å². The largest absolute Gasteiger partial charge is 0.355 e. The van der Waals surface area contributed by atoms with Crippen LogP contribution in [0.2, 0.25) is 0 Å². The van der Waals surface area contributed by atoms with E-state index in [1.165, 1.54) is 16.0 Å². The molecule has 0 fully saturated rings. The third-order valence-corrected chi connectivity index (χ3v) is 3.96. The van der Waals surface area contributed by atoms with Gasteiger partial charge in [-0.1, -0.05) is 17.7 Å². The Labute approximate surface area is 120 Å². The smallest absolute Gasteiger partial charge is 0.230 e. The molecule has 0 saturated heterocycles. The first-order valence-electron chi connectivity index (χ1n) is 6.60. The summed E-state index contributed by atoms with van der Waals surface area (Å²) >= 11 is 1.61. The zero-order valence-electron chi connectivity index (χ0n) is 12.3. The SMILES string of the molecule is Cc1ccc(C)c(SCC(=O)NCCCN(C)C)c1. The number of hydrogen-bond acceptors (Lipinski definition) is 3. The van der Waals surface area contributed by atoms with Crippen LogP contribution in [-0.4, -0.2) is 43.7 Å². The number of aryl methyl sites for hydroxylation is 2. The first kappa shape index (κ1) is 16.1. The van der Waals surface area contributed by atoms with E-state index < -0.39 is 0 Å². The molecule has 3 nitrogen and oxygen atoms in total. The van der Waals surface area contributed by atoms with Gasteiger partial charge in [-0.05, 0) is 52.5 Å².